The SMILES string of the molecule is CCCNC(CCC(F)(F)F)c1ccc(Cl)cc1Br. The standard InChI is InChI=1S/C13H16BrClF3N/c1-2-7-19-12(5-6-13(16,17)18)10-4-3-9(15)8-11(10)14/h3-4,8,12,19H,2,5-7H2,1H3. The Morgan fingerprint density at radius 2 is 2.05 bits per heavy atom. The van der Waals surface area contributed by atoms with Gasteiger partial charge in [0.2, 0.25) is 0 Å². The van der Waals surface area contributed by atoms with Crippen molar-refractivity contribution < 1.29 is 13.2 Å². The summed E-state index contributed by atoms with van der Waals surface area (Å²) in [6.45, 7) is 2.66. The second-order valence-electron chi connectivity index (χ2n) is 4.33. The van der Waals surface area contributed by atoms with Crippen LogP contribution in [-0.4, -0.2) is 12.7 Å². The summed E-state index contributed by atoms with van der Waals surface area (Å²) in [6, 6.07) is 4.82. The van der Waals surface area contributed by atoms with Crippen molar-refractivity contribution >= 4 is 27.5 Å². The topological polar surface area (TPSA) is 12.0 Å². The Bertz CT molecular complexity index is 409. The minimum atomic E-state index is -4.13. The third kappa shape index (κ3) is 6.15. The molecule has 1 nitrogen and oxygen atoms in total. The molecule has 0 saturated carbocycles. The Labute approximate surface area is 124 Å². The van der Waals surface area contributed by atoms with Crippen molar-refractivity contribution in [3.05, 3.63) is 33.3 Å². The highest BCUT2D eigenvalue weighted by molar-refractivity contribution is 9.10. The minimum Gasteiger partial charge on any atom is -0.310 e. The lowest BCUT2D eigenvalue weighted by Gasteiger charge is -2.21. The van der Waals surface area contributed by atoms with Crippen LogP contribution in [0.4, 0.5) is 13.2 Å². The molecule has 0 amide bonds. The summed E-state index contributed by atoms with van der Waals surface area (Å²) in [5.74, 6) is 0. The van der Waals surface area contributed by atoms with Crippen molar-refractivity contribution in [1.29, 1.82) is 0 Å². The minimum absolute atomic E-state index is 0.0176. The van der Waals surface area contributed by atoms with Gasteiger partial charge in [-0.05, 0) is 37.1 Å². The van der Waals surface area contributed by atoms with Crippen molar-refractivity contribution in [3.63, 3.8) is 0 Å². The quantitative estimate of drug-likeness (QED) is 0.709. The fraction of sp³-hybridized carbons (Fsp3) is 0.538. The van der Waals surface area contributed by atoms with Crippen molar-refractivity contribution in [1.82, 2.24) is 5.32 Å². The lowest BCUT2D eigenvalue weighted by Crippen LogP contribution is -2.24. The molecule has 0 spiro atoms. The predicted molar refractivity (Wildman–Crippen MR) is 75.5 cm³/mol. The summed E-state index contributed by atoms with van der Waals surface area (Å²) < 4.78 is 37.8. The third-order valence-corrected chi connectivity index (χ3v) is 3.62. The van der Waals surface area contributed by atoms with Crippen LogP contribution in [0, 0.1) is 0 Å². The van der Waals surface area contributed by atoms with Crippen LogP contribution in [-0.2, 0) is 0 Å². The number of rotatable bonds is 6. The highest BCUT2D eigenvalue weighted by Gasteiger charge is 2.29. The molecule has 0 heterocycles. The average molecular weight is 359 g/mol. The summed E-state index contributed by atoms with van der Waals surface area (Å²) in [5, 5.41) is 3.70. The fourth-order valence-electron chi connectivity index (χ4n) is 1.78. The first kappa shape index (κ1) is 16.8. The van der Waals surface area contributed by atoms with Crippen LogP contribution in [0.2, 0.25) is 5.02 Å². The van der Waals surface area contributed by atoms with E-state index in [9.17, 15) is 13.2 Å². The van der Waals surface area contributed by atoms with E-state index < -0.39 is 12.6 Å². The molecular formula is C13H16BrClF3N. The molecule has 0 radical (unpaired) electrons. The molecule has 0 aliphatic rings. The van der Waals surface area contributed by atoms with Gasteiger partial charge in [0.1, 0.15) is 0 Å². The van der Waals surface area contributed by atoms with Crippen LogP contribution in [0.25, 0.3) is 0 Å². The van der Waals surface area contributed by atoms with Gasteiger partial charge in [-0.15, -0.1) is 0 Å². The number of alkyl halides is 3. The lowest BCUT2D eigenvalue weighted by molar-refractivity contribution is -0.136. The van der Waals surface area contributed by atoms with Crippen LogP contribution in [0.15, 0.2) is 22.7 Å². The van der Waals surface area contributed by atoms with Gasteiger partial charge in [-0.1, -0.05) is 40.5 Å². The molecule has 19 heavy (non-hydrogen) atoms. The molecular weight excluding hydrogens is 343 g/mol. The van der Waals surface area contributed by atoms with Crippen LogP contribution < -0.4 is 5.32 Å². The smallest absolute Gasteiger partial charge is 0.310 e. The highest BCUT2D eigenvalue weighted by Crippen LogP contribution is 2.32. The molecule has 1 unspecified atom stereocenters. The van der Waals surface area contributed by atoms with E-state index in [4.69, 9.17) is 11.6 Å². The first-order valence-electron chi connectivity index (χ1n) is 6.08. The van der Waals surface area contributed by atoms with E-state index in [-0.39, 0.29) is 12.5 Å². The number of hydrogen-bond acceptors (Lipinski definition) is 1. The van der Waals surface area contributed by atoms with E-state index >= 15 is 0 Å². The zero-order valence-electron chi connectivity index (χ0n) is 10.5. The molecule has 6 heteroatoms. The molecule has 1 N–H and O–H groups in total. The summed E-state index contributed by atoms with van der Waals surface area (Å²) in [7, 11) is 0. The molecule has 0 bridgehead atoms. The van der Waals surface area contributed by atoms with E-state index in [2.05, 4.69) is 21.2 Å². The van der Waals surface area contributed by atoms with Gasteiger partial charge in [-0.3, -0.25) is 0 Å². The Hall–Kier alpha value is -0.260. The van der Waals surface area contributed by atoms with E-state index in [0.717, 1.165) is 16.5 Å². The number of nitrogens with one attached hydrogen (secondary N) is 1. The number of halogens is 5. The summed E-state index contributed by atoms with van der Waals surface area (Å²) in [6.07, 6.45) is -4.05. The van der Waals surface area contributed by atoms with Crippen molar-refractivity contribution in [2.75, 3.05) is 6.54 Å². The van der Waals surface area contributed by atoms with Crippen LogP contribution >= 0.6 is 27.5 Å². The fourth-order valence-corrected chi connectivity index (χ4v) is 2.74. The molecule has 0 aliphatic heterocycles. The maximum absolute atomic E-state index is 12.4. The Balaban J connectivity index is 2.83. The zero-order valence-corrected chi connectivity index (χ0v) is 12.9. The van der Waals surface area contributed by atoms with Gasteiger partial charge in [0.05, 0.1) is 0 Å². The average Bonchev–Trinajstić information content (AvgIpc) is 2.29. The highest BCUT2D eigenvalue weighted by atomic mass is 79.9. The zero-order chi connectivity index (χ0) is 14.5. The van der Waals surface area contributed by atoms with Gasteiger partial charge in [0.25, 0.3) is 0 Å². The Morgan fingerprint density at radius 3 is 2.58 bits per heavy atom. The largest absolute Gasteiger partial charge is 0.389 e. The van der Waals surface area contributed by atoms with E-state index in [1.807, 2.05) is 6.92 Å². The van der Waals surface area contributed by atoms with Gasteiger partial charge < -0.3 is 5.32 Å². The molecule has 0 fully saturated rings. The van der Waals surface area contributed by atoms with Gasteiger partial charge in [-0.2, -0.15) is 13.2 Å². The van der Waals surface area contributed by atoms with Crippen molar-refractivity contribution in [2.24, 2.45) is 0 Å². The monoisotopic (exact) mass is 357 g/mol. The first-order valence-corrected chi connectivity index (χ1v) is 7.25. The van der Waals surface area contributed by atoms with Crippen molar-refractivity contribution in [3.8, 4) is 0 Å². The molecule has 108 valence electrons. The second-order valence-corrected chi connectivity index (χ2v) is 5.62. The number of hydrogen-bond donors (Lipinski definition) is 1. The summed E-state index contributed by atoms with van der Waals surface area (Å²) >= 11 is 9.20. The third-order valence-electron chi connectivity index (χ3n) is 2.70. The molecule has 1 rings (SSSR count). The van der Waals surface area contributed by atoms with Crippen LogP contribution in [0.3, 0.4) is 0 Å². The second kappa shape index (κ2) is 7.50. The van der Waals surface area contributed by atoms with E-state index in [0.29, 0.717) is 11.6 Å². The molecule has 0 aliphatic carbocycles. The number of benzene rings is 1. The van der Waals surface area contributed by atoms with Crippen LogP contribution in [0.1, 0.15) is 37.8 Å². The normalized spacial score (nSPS) is 13.6. The Kier molecular flexibility index (Phi) is 6.63. The van der Waals surface area contributed by atoms with Gasteiger partial charge in [0, 0.05) is 22.0 Å². The molecule has 0 aromatic heterocycles. The van der Waals surface area contributed by atoms with Gasteiger partial charge >= 0.3 is 6.18 Å². The molecule has 0 saturated heterocycles. The van der Waals surface area contributed by atoms with Crippen molar-refractivity contribution in [2.45, 2.75) is 38.4 Å². The Morgan fingerprint density at radius 1 is 1.37 bits per heavy atom. The predicted octanol–water partition coefficient (Wildman–Crippen LogP) is 5.49. The maximum Gasteiger partial charge on any atom is 0.389 e. The van der Waals surface area contributed by atoms with Gasteiger partial charge in [-0.25, -0.2) is 0 Å². The molecule has 1 atom stereocenters. The summed E-state index contributed by atoms with van der Waals surface area (Å²) in [5.41, 5.74) is 0.808. The molecule has 1 aromatic carbocycles. The lowest BCUT2D eigenvalue weighted by atomic mass is 10.0. The first-order chi connectivity index (χ1) is 8.83. The summed E-state index contributed by atoms with van der Waals surface area (Å²) in [4.78, 5) is 0. The van der Waals surface area contributed by atoms with E-state index in [1.165, 1.54) is 0 Å². The molecule has 1 aromatic rings. The maximum atomic E-state index is 12.4. The van der Waals surface area contributed by atoms with E-state index in [1.54, 1.807) is 18.2 Å². The van der Waals surface area contributed by atoms with Crippen LogP contribution in [0.5, 0.6) is 0 Å². The van der Waals surface area contributed by atoms with Gasteiger partial charge in [0.15, 0.2) is 0 Å².